The number of carbonyl (C=O) groups excluding carboxylic acids is 2. The quantitative estimate of drug-likeness (QED) is 0.654. The van der Waals surface area contributed by atoms with E-state index in [2.05, 4.69) is 29.6 Å². The molecule has 1 aliphatic rings. The van der Waals surface area contributed by atoms with Gasteiger partial charge in [0.05, 0.1) is 13.2 Å². The number of carbonyl (C=O) groups is 2. The molecule has 0 atom stereocenters. The van der Waals surface area contributed by atoms with Gasteiger partial charge in [-0.05, 0) is 35.4 Å². The van der Waals surface area contributed by atoms with Gasteiger partial charge in [-0.25, -0.2) is 0 Å². The lowest BCUT2D eigenvalue weighted by Gasteiger charge is -2.26. The van der Waals surface area contributed by atoms with E-state index in [0.29, 0.717) is 44.0 Å². The molecule has 1 aliphatic heterocycles. The Morgan fingerprint density at radius 3 is 1.90 bits per heavy atom. The van der Waals surface area contributed by atoms with E-state index in [9.17, 15) is 9.59 Å². The molecule has 3 aromatic rings. The first-order chi connectivity index (χ1) is 15.2. The molecule has 0 radical (unpaired) electrons. The van der Waals surface area contributed by atoms with Gasteiger partial charge < -0.3 is 15.0 Å². The van der Waals surface area contributed by atoms with Crippen LogP contribution in [0.5, 0.6) is 0 Å². The van der Waals surface area contributed by atoms with Crippen LogP contribution in [0.4, 0.5) is 5.69 Å². The third-order valence-corrected chi connectivity index (χ3v) is 5.51. The second kappa shape index (κ2) is 10.0. The number of benzene rings is 3. The Morgan fingerprint density at radius 2 is 1.35 bits per heavy atom. The summed E-state index contributed by atoms with van der Waals surface area (Å²) in [6.07, 6.45) is 0.336. The second-order valence-corrected chi connectivity index (χ2v) is 7.61. The highest BCUT2D eigenvalue weighted by Gasteiger charge is 2.20. The number of morpholine rings is 1. The second-order valence-electron chi connectivity index (χ2n) is 7.61. The van der Waals surface area contributed by atoms with E-state index in [1.165, 1.54) is 0 Å². The number of hydrogen-bond donors (Lipinski definition) is 1. The highest BCUT2D eigenvalue weighted by molar-refractivity contribution is 5.96. The predicted molar refractivity (Wildman–Crippen MR) is 121 cm³/mol. The van der Waals surface area contributed by atoms with Crippen LogP contribution in [-0.2, 0) is 9.53 Å². The van der Waals surface area contributed by atoms with E-state index in [1.54, 1.807) is 29.2 Å². The summed E-state index contributed by atoms with van der Waals surface area (Å²) in [6, 6.07) is 27.2. The largest absolute Gasteiger partial charge is 0.378 e. The average Bonchev–Trinajstić information content (AvgIpc) is 2.84. The first-order valence-corrected chi connectivity index (χ1v) is 10.6. The molecule has 5 heteroatoms. The summed E-state index contributed by atoms with van der Waals surface area (Å²) in [5.74, 6) is -0.0936. The molecule has 0 aromatic heterocycles. The van der Waals surface area contributed by atoms with Crippen LogP contribution in [0.1, 0.15) is 33.8 Å². The molecule has 1 fully saturated rings. The maximum atomic E-state index is 12.8. The molecule has 31 heavy (non-hydrogen) atoms. The molecule has 1 saturated heterocycles. The molecule has 3 aromatic carbocycles. The summed E-state index contributed by atoms with van der Waals surface area (Å²) in [4.78, 5) is 27.2. The van der Waals surface area contributed by atoms with Gasteiger partial charge in [-0.15, -0.1) is 0 Å². The molecule has 0 aliphatic carbocycles. The third kappa shape index (κ3) is 5.38. The van der Waals surface area contributed by atoms with Gasteiger partial charge in [-0.3, -0.25) is 9.59 Å². The normalized spacial score (nSPS) is 13.8. The van der Waals surface area contributed by atoms with Gasteiger partial charge in [-0.2, -0.15) is 0 Å². The maximum absolute atomic E-state index is 12.8. The van der Waals surface area contributed by atoms with Crippen molar-refractivity contribution < 1.29 is 14.3 Å². The van der Waals surface area contributed by atoms with Crippen molar-refractivity contribution in [2.45, 2.75) is 12.3 Å². The fourth-order valence-electron chi connectivity index (χ4n) is 3.84. The predicted octanol–water partition coefficient (Wildman–Crippen LogP) is 4.32. The van der Waals surface area contributed by atoms with Crippen molar-refractivity contribution in [3.63, 3.8) is 0 Å². The summed E-state index contributed by atoms with van der Waals surface area (Å²) >= 11 is 0. The minimum absolute atomic E-state index is 0.00519. The highest BCUT2D eigenvalue weighted by Crippen LogP contribution is 2.28. The van der Waals surface area contributed by atoms with Gasteiger partial charge in [0.1, 0.15) is 0 Å². The smallest absolute Gasteiger partial charge is 0.254 e. The summed E-state index contributed by atoms with van der Waals surface area (Å²) < 4.78 is 5.30. The summed E-state index contributed by atoms with van der Waals surface area (Å²) in [6.45, 7) is 2.36. The van der Waals surface area contributed by atoms with Crippen molar-refractivity contribution in [3.8, 4) is 0 Å². The molecule has 1 heterocycles. The summed E-state index contributed by atoms with van der Waals surface area (Å²) in [5, 5.41) is 2.97. The van der Waals surface area contributed by atoms with E-state index >= 15 is 0 Å². The standard InChI is InChI=1S/C26H26N2O3/c29-25(19-24(20-7-3-1-4-8-20)21-9-5-2-6-10-21)27-23-13-11-22(12-14-23)26(30)28-15-17-31-18-16-28/h1-14,24H,15-19H2,(H,27,29). The lowest BCUT2D eigenvalue weighted by Crippen LogP contribution is -2.40. The fraction of sp³-hybridized carbons (Fsp3) is 0.231. The number of anilines is 1. The van der Waals surface area contributed by atoms with Gasteiger partial charge in [0.2, 0.25) is 5.91 Å². The lowest BCUT2D eigenvalue weighted by atomic mass is 9.88. The molecular weight excluding hydrogens is 388 g/mol. The topological polar surface area (TPSA) is 58.6 Å². The van der Waals surface area contributed by atoms with E-state index in [1.807, 2.05) is 36.4 Å². The highest BCUT2D eigenvalue weighted by atomic mass is 16.5. The van der Waals surface area contributed by atoms with E-state index < -0.39 is 0 Å². The molecular formula is C26H26N2O3. The molecule has 2 amide bonds. The van der Waals surface area contributed by atoms with Gasteiger partial charge in [0.25, 0.3) is 5.91 Å². The molecule has 158 valence electrons. The van der Waals surface area contributed by atoms with Gasteiger partial charge >= 0.3 is 0 Å². The monoisotopic (exact) mass is 414 g/mol. The minimum Gasteiger partial charge on any atom is -0.378 e. The minimum atomic E-state index is -0.0649. The van der Waals surface area contributed by atoms with Crippen LogP contribution >= 0.6 is 0 Å². The average molecular weight is 415 g/mol. The van der Waals surface area contributed by atoms with Crippen LogP contribution in [0.15, 0.2) is 84.9 Å². The zero-order valence-electron chi connectivity index (χ0n) is 17.4. The van der Waals surface area contributed by atoms with Crippen molar-refractivity contribution in [2.75, 3.05) is 31.6 Å². The number of hydrogen-bond acceptors (Lipinski definition) is 3. The zero-order chi connectivity index (χ0) is 21.5. The Morgan fingerprint density at radius 1 is 0.806 bits per heavy atom. The van der Waals surface area contributed by atoms with Crippen molar-refractivity contribution in [1.82, 2.24) is 4.90 Å². The molecule has 0 unspecified atom stereocenters. The Hall–Kier alpha value is -3.44. The third-order valence-electron chi connectivity index (χ3n) is 5.51. The number of ether oxygens (including phenoxy) is 1. The van der Waals surface area contributed by atoms with Gasteiger partial charge in [0.15, 0.2) is 0 Å². The molecule has 0 bridgehead atoms. The zero-order valence-corrected chi connectivity index (χ0v) is 17.4. The van der Waals surface area contributed by atoms with Crippen LogP contribution in [0.25, 0.3) is 0 Å². The number of rotatable bonds is 6. The summed E-state index contributed by atoms with van der Waals surface area (Å²) in [7, 11) is 0. The molecule has 4 rings (SSSR count). The van der Waals surface area contributed by atoms with Crippen LogP contribution < -0.4 is 5.32 Å². The van der Waals surface area contributed by atoms with E-state index in [-0.39, 0.29) is 17.7 Å². The van der Waals surface area contributed by atoms with E-state index in [0.717, 1.165) is 11.1 Å². The first kappa shape index (κ1) is 20.8. The van der Waals surface area contributed by atoms with Crippen LogP contribution in [0.2, 0.25) is 0 Å². The van der Waals surface area contributed by atoms with Crippen molar-refractivity contribution in [1.29, 1.82) is 0 Å². The van der Waals surface area contributed by atoms with Crippen molar-refractivity contribution >= 4 is 17.5 Å². The van der Waals surface area contributed by atoms with Crippen LogP contribution in [0.3, 0.4) is 0 Å². The lowest BCUT2D eigenvalue weighted by molar-refractivity contribution is -0.116. The fourth-order valence-corrected chi connectivity index (χ4v) is 3.84. The maximum Gasteiger partial charge on any atom is 0.254 e. The summed E-state index contributed by atoms with van der Waals surface area (Å²) in [5.41, 5.74) is 3.51. The van der Waals surface area contributed by atoms with Crippen molar-refractivity contribution in [2.24, 2.45) is 0 Å². The first-order valence-electron chi connectivity index (χ1n) is 10.6. The molecule has 1 N–H and O–H groups in total. The number of amides is 2. The van der Waals surface area contributed by atoms with Crippen LogP contribution in [-0.4, -0.2) is 43.0 Å². The Balaban J connectivity index is 1.42. The SMILES string of the molecule is O=C(CC(c1ccccc1)c1ccccc1)Nc1ccc(C(=O)N2CCOCC2)cc1. The number of nitrogens with one attached hydrogen (secondary N) is 1. The van der Waals surface area contributed by atoms with Gasteiger partial charge in [-0.1, -0.05) is 60.7 Å². The van der Waals surface area contributed by atoms with Crippen molar-refractivity contribution in [3.05, 3.63) is 102 Å². The number of nitrogens with zero attached hydrogens (tertiary/aromatic N) is 1. The molecule has 0 spiro atoms. The van der Waals surface area contributed by atoms with E-state index in [4.69, 9.17) is 4.74 Å². The van der Waals surface area contributed by atoms with Crippen LogP contribution in [0, 0.1) is 0 Å². The molecule has 5 nitrogen and oxygen atoms in total. The Bertz CT molecular complexity index is 958. The van der Waals surface area contributed by atoms with Gasteiger partial charge in [0, 0.05) is 36.7 Å². The molecule has 0 saturated carbocycles. The Kier molecular flexibility index (Phi) is 6.75. The Labute approximate surface area is 182 Å².